The molecule has 2 aliphatic heterocycles. The molecule has 0 aromatic heterocycles. The van der Waals surface area contributed by atoms with Gasteiger partial charge in [-0.15, -0.1) is 0 Å². The van der Waals surface area contributed by atoms with Crippen LogP contribution in [-0.4, -0.2) is 30.4 Å². The molecule has 0 unspecified atom stereocenters. The fraction of sp³-hybridized carbons (Fsp3) is 0.200. The van der Waals surface area contributed by atoms with Crippen LogP contribution in [0.25, 0.3) is 0 Å². The maximum Gasteiger partial charge on any atom is 0.322 e. The van der Waals surface area contributed by atoms with Crippen LogP contribution in [0, 0.1) is 6.92 Å². The van der Waals surface area contributed by atoms with E-state index in [1.54, 1.807) is 16.8 Å². The lowest BCUT2D eigenvalue weighted by Gasteiger charge is -2.31. The molecule has 2 heterocycles. The van der Waals surface area contributed by atoms with Gasteiger partial charge in [0.1, 0.15) is 0 Å². The van der Waals surface area contributed by atoms with Crippen molar-refractivity contribution in [2.24, 2.45) is 0 Å². The molecule has 25 heavy (non-hydrogen) atoms. The summed E-state index contributed by atoms with van der Waals surface area (Å²) in [7, 11) is 1.71. The van der Waals surface area contributed by atoms with Gasteiger partial charge >= 0.3 is 6.03 Å². The van der Waals surface area contributed by atoms with Crippen LogP contribution in [0.4, 0.5) is 10.5 Å². The molecule has 0 radical (unpaired) electrons. The largest absolute Gasteiger partial charge is 0.327 e. The van der Waals surface area contributed by atoms with Crippen molar-refractivity contribution in [3.05, 3.63) is 77.0 Å². The second-order valence-electron chi connectivity index (χ2n) is 6.39. The topological polar surface area (TPSA) is 52.7 Å². The number of nitrogens with one attached hydrogen (secondary N) is 1. The minimum Gasteiger partial charge on any atom is -0.327 e. The van der Waals surface area contributed by atoms with Crippen LogP contribution >= 0.6 is 0 Å². The monoisotopic (exact) mass is 333 g/mol. The van der Waals surface area contributed by atoms with E-state index in [0.717, 1.165) is 22.5 Å². The third-order valence-corrected chi connectivity index (χ3v) is 4.90. The maximum absolute atomic E-state index is 13.2. The molecule has 5 heteroatoms. The van der Waals surface area contributed by atoms with Crippen molar-refractivity contribution in [3.63, 3.8) is 0 Å². The number of hydrogen-bond acceptors (Lipinski definition) is 2. The Balaban J connectivity index is 1.79. The number of nitrogens with zero attached hydrogens (tertiary/aromatic N) is 2. The van der Waals surface area contributed by atoms with Gasteiger partial charge in [0.25, 0.3) is 5.91 Å². The zero-order valence-corrected chi connectivity index (χ0v) is 14.2. The number of urea groups is 1. The molecule has 0 bridgehead atoms. The summed E-state index contributed by atoms with van der Waals surface area (Å²) in [5.41, 5.74) is 4.25. The molecule has 3 amide bonds. The van der Waals surface area contributed by atoms with Crippen molar-refractivity contribution >= 4 is 17.6 Å². The molecule has 0 fully saturated rings. The van der Waals surface area contributed by atoms with E-state index < -0.39 is 6.04 Å². The van der Waals surface area contributed by atoms with Gasteiger partial charge in [0.15, 0.2) is 0 Å². The molecule has 4 rings (SSSR count). The Bertz CT molecular complexity index is 889. The first-order valence-corrected chi connectivity index (χ1v) is 8.27. The van der Waals surface area contributed by atoms with Crippen molar-refractivity contribution in [1.29, 1.82) is 0 Å². The molecule has 1 atom stereocenters. The van der Waals surface area contributed by atoms with Crippen molar-refractivity contribution in [2.75, 3.05) is 18.5 Å². The number of likely N-dealkylation sites (N-methyl/N-ethyl adjacent to an activating group) is 1. The number of carbonyl (C=O) groups is 2. The van der Waals surface area contributed by atoms with Crippen LogP contribution in [0.5, 0.6) is 0 Å². The summed E-state index contributed by atoms with van der Waals surface area (Å²) >= 11 is 0. The van der Waals surface area contributed by atoms with Crippen molar-refractivity contribution in [3.8, 4) is 0 Å². The summed E-state index contributed by atoms with van der Waals surface area (Å²) < 4.78 is 0. The van der Waals surface area contributed by atoms with Crippen molar-refractivity contribution in [2.45, 2.75) is 13.0 Å². The van der Waals surface area contributed by atoms with E-state index in [1.165, 1.54) is 0 Å². The Labute approximate surface area is 146 Å². The lowest BCUT2D eigenvalue weighted by molar-refractivity contribution is -0.114. The van der Waals surface area contributed by atoms with Gasteiger partial charge in [-0.2, -0.15) is 0 Å². The number of aryl methyl sites for hydroxylation is 1. The summed E-state index contributed by atoms with van der Waals surface area (Å²) in [5, 5.41) is 2.95. The fourth-order valence-electron chi connectivity index (χ4n) is 3.52. The van der Waals surface area contributed by atoms with Gasteiger partial charge in [0, 0.05) is 12.7 Å². The molecular formula is C20H19N3O2. The summed E-state index contributed by atoms with van der Waals surface area (Å²) in [6, 6.07) is 16.8. The Morgan fingerprint density at radius 3 is 2.40 bits per heavy atom. The Morgan fingerprint density at radius 2 is 1.68 bits per heavy atom. The fourth-order valence-corrected chi connectivity index (χ4v) is 3.52. The summed E-state index contributed by atoms with van der Waals surface area (Å²) in [4.78, 5) is 28.9. The number of carbonyl (C=O) groups excluding carboxylic acids is 2. The van der Waals surface area contributed by atoms with Gasteiger partial charge < -0.3 is 10.2 Å². The molecule has 2 aromatic carbocycles. The molecule has 0 saturated carbocycles. The van der Waals surface area contributed by atoms with Crippen LogP contribution in [0.15, 0.2) is 65.9 Å². The molecule has 5 nitrogen and oxygen atoms in total. The molecule has 0 aliphatic carbocycles. The number of rotatable bonds is 2. The van der Waals surface area contributed by atoms with E-state index in [0.29, 0.717) is 12.1 Å². The van der Waals surface area contributed by atoms with Crippen LogP contribution < -0.4 is 10.2 Å². The van der Waals surface area contributed by atoms with Gasteiger partial charge in [-0.05, 0) is 24.1 Å². The lowest BCUT2D eigenvalue weighted by Crippen LogP contribution is -2.45. The third-order valence-electron chi connectivity index (χ3n) is 4.90. The number of anilines is 1. The standard InChI is InChI=1S/C20H19N3O2/c1-13-8-6-7-11-15(13)23-12-16-17(19(23)24)18(21-20(25)22(16)2)14-9-4-3-5-10-14/h3-11,18H,12H2,1-2H3,(H,21,25)/t18-/m0/s1. The number of para-hydroxylation sites is 1. The van der Waals surface area contributed by atoms with Gasteiger partial charge in [-0.1, -0.05) is 48.5 Å². The minimum atomic E-state index is -0.415. The Kier molecular flexibility index (Phi) is 3.57. The molecule has 0 spiro atoms. The molecule has 2 aromatic rings. The molecule has 126 valence electrons. The smallest absolute Gasteiger partial charge is 0.322 e. The highest BCUT2D eigenvalue weighted by atomic mass is 16.2. The average Bonchev–Trinajstić information content (AvgIpc) is 2.97. The van der Waals surface area contributed by atoms with E-state index in [-0.39, 0.29) is 11.9 Å². The number of hydrogen-bond donors (Lipinski definition) is 1. The normalized spacial score (nSPS) is 20.0. The van der Waals surface area contributed by atoms with Crippen LogP contribution in [0.3, 0.4) is 0 Å². The highest BCUT2D eigenvalue weighted by Gasteiger charge is 2.43. The van der Waals surface area contributed by atoms with Crippen molar-refractivity contribution in [1.82, 2.24) is 10.2 Å². The van der Waals surface area contributed by atoms with E-state index in [9.17, 15) is 9.59 Å². The SMILES string of the molecule is Cc1ccccc1N1CC2=C(C1=O)[C@H](c1ccccc1)NC(=O)N2C. The third kappa shape index (κ3) is 2.39. The van der Waals surface area contributed by atoms with Crippen LogP contribution in [0.2, 0.25) is 0 Å². The molecule has 1 N–H and O–H groups in total. The maximum atomic E-state index is 13.2. The quantitative estimate of drug-likeness (QED) is 0.918. The molecular weight excluding hydrogens is 314 g/mol. The van der Waals surface area contributed by atoms with Gasteiger partial charge in [0.05, 0.1) is 23.9 Å². The summed E-state index contributed by atoms with van der Waals surface area (Å²) in [6.07, 6.45) is 0. The Hall–Kier alpha value is -3.08. The zero-order valence-electron chi connectivity index (χ0n) is 14.2. The summed E-state index contributed by atoms with van der Waals surface area (Å²) in [5.74, 6) is -0.0509. The first kappa shape index (κ1) is 15.4. The van der Waals surface area contributed by atoms with E-state index in [1.807, 2.05) is 61.5 Å². The highest BCUT2D eigenvalue weighted by molar-refractivity contribution is 6.12. The second kappa shape index (κ2) is 5.77. The van der Waals surface area contributed by atoms with Gasteiger partial charge in [-0.3, -0.25) is 9.69 Å². The molecule has 2 aliphatic rings. The predicted molar refractivity (Wildman–Crippen MR) is 96.0 cm³/mol. The van der Waals surface area contributed by atoms with E-state index in [2.05, 4.69) is 5.32 Å². The summed E-state index contributed by atoms with van der Waals surface area (Å²) in [6.45, 7) is 2.40. The van der Waals surface area contributed by atoms with Crippen molar-refractivity contribution < 1.29 is 9.59 Å². The first-order valence-electron chi connectivity index (χ1n) is 8.27. The van der Waals surface area contributed by atoms with E-state index in [4.69, 9.17) is 0 Å². The van der Waals surface area contributed by atoms with Gasteiger partial charge in [-0.25, -0.2) is 4.79 Å². The lowest BCUT2D eigenvalue weighted by atomic mass is 9.96. The predicted octanol–water partition coefficient (Wildman–Crippen LogP) is 2.99. The van der Waals surface area contributed by atoms with Gasteiger partial charge in [0.2, 0.25) is 0 Å². The Morgan fingerprint density at radius 1 is 1.00 bits per heavy atom. The first-order chi connectivity index (χ1) is 12.1. The molecule has 0 saturated heterocycles. The highest BCUT2D eigenvalue weighted by Crippen LogP contribution is 2.38. The number of amides is 3. The van der Waals surface area contributed by atoms with E-state index >= 15 is 0 Å². The average molecular weight is 333 g/mol. The number of benzene rings is 2. The second-order valence-corrected chi connectivity index (χ2v) is 6.39. The minimum absolute atomic E-state index is 0.0509. The van der Waals surface area contributed by atoms with Crippen LogP contribution in [-0.2, 0) is 4.79 Å². The van der Waals surface area contributed by atoms with Crippen LogP contribution in [0.1, 0.15) is 17.2 Å². The zero-order chi connectivity index (χ0) is 17.6.